The van der Waals surface area contributed by atoms with Crippen LogP contribution in [0, 0.1) is 0 Å². The first-order valence-corrected chi connectivity index (χ1v) is 9.64. The fourth-order valence-corrected chi connectivity index (χ4v) is 3.83. The van der Waals surface area contributed by atoms with E-state index in [2.05, 4.69) is 10.00 Å². The zero-order chi connectivity index (χ0) is 19.7. The van der Waals surface area contributed by atoms with Gasteiger partial charge >= 0.3 is 0 Å². The summed E-state index contributed by atoms with van der Waals surface area (Å²) in [7, 11) is 1.62. The molecule has 0 radical (unpaired) electrons. The summed E-state index contributed by atoms with van der Waals surface area (Å²) in [6, 6.07) is 15.1. The molecule has 1 saturated heterocycles. The molecule has 1 aliphatic heterocycles. The van der Waals surface area contributed by atoms with Gasteiger partial charge in [-0.3, -0.25) is 9.59 Å². The molecule has 1 fully saturated rings. The van der Waals surface area contributed by atoms with E-state index in [0.717, 1.165) is 24.2 Å². The van der Waals surface area contributed by atoms with E-state index in [-0.39, 0.29) is 17.9 Å². The van der Waals surface area contributed by atoms with Crippen LogP contribution in [0.3, 0.4) is 0 Å². The van der Waals surface area contributed by atoms with Gasteiger partial charge in [0.15, 0.2) is 0 Å². The van der Waals surface area contributed by atoms with Gasteiger partial charge in [0.1, 0.15) is 0 Å². The largest absolute Gasteiger partial charge is 0.368 e. The first-order chi connectivity index (χ1) is 13.5. The van der Waals surface area contributed by atoms with E-state index < -0.39 is 0 Å². The van der Waals surface area contributed by atoms with Gasteiger partial charge in [0.25, 0.3) is 5.56 Å². The van der Waals surface area contributed by atoms with E-state index in [1.54, 1.807) is 13.1 Å². The minimum atomic E-state index is -0.151. The summed E-state index contributed by atoms with van der Waals surface area (Å²) in [5, 5.41) is 6.39. The molecule has 0 spiro atoms. The molecule has 0 bridgehead atoms. The molecule has 28 heavy (non-hydrogen) atoms. The van der Waals surface area contributed by atoms with Crippen LogP contribution in [0.4, 0.5) is 5.69 Å². The minimum Gasteiger partial charge on any atom is -0.368 e. The Labute approximate surface area is 167 Å². The Hall–Kier alpha value is -2.86. The quantitative estimate of drug-likeness (QED) is 0.682. The van der Waals surface area contributed by atoms with Gasteiger partial charge in [-0.1, -0.05) is 35.9 Å². The van der Waals surface area contributed by atoms with Gasteiger partial charge in [-0.2, -0.15) is 5.10 Å². The van der Waals surface area contributed by atoms with Crippen LogP contribution in [0.25, 0.3) is 10.8 Å². The zero-order valence-corrected chi connectivity index (χ0v) is 16.4. The van der Waals surface area contributed by atoms with Crippen molar-refractivity contribution < 1.29 is 4.79 Å². The Kier molecular flexibility index (Phi) is 5.05. The van der Waals surface area contributed by atoms with Crippen molar-refractivity contribution in [1.82, 2.24) is 14.7 Å². The second-order valence-electron chi connectivity index (χ2n) is 6.95. The molecule has 7 heteroatoms. The SMILES string of the molecule is Cn1nc(CC(=O)N2CCN(c3cccc(Cl)c3)CC2)c2ccccc2c1=O. The average molecular weight is 397 g/mol. The Morgan fingerprint density at radius 1 is 1.04 bits per heavy atom. The standard InChI is InChI=1S/C21H21ClN4O2/c1-24-21(28)18-8-3-2-7-17(18)19(23-24)14-20(27)26-11-9-25(10-12-26)16-6-4-5-15(22)13-16/h2-8,13H,9-12,14H2,1H3. The van der Waals surface area contributed by atoms with Crippen molar-refractivity contribution in [3.05, 3.63) is 69.6 Å². The summed E-state index contributed by atoms with van der Waals surface area (Å²) >= 11 is 6.08. The summed E-state index contributed by atoms with van der Waals surface area (Å²) in [5.41, 5.74) is 1.56. The van der Waals surface area contributed by atoms with E-state index in [1.807, 2.05) is 47.4 Å². The molecule has 2 heterocycles. The summed E-state index contributed by atoms with van der Waals surface area (Å²) in [4.78, 5) is 29.2. The molecule has 2 aromatic carbocycles. The van der Waals surface area contributed by atoms with E-state index in [4.69, 9.17) is 11.6 Å². The Balaban J connectivity index is 1.48. The number of fused-ring (bicyclic) bond motifs is 1. The molecular weight excluding hydrogens is 376 g/mol. The van der Waals surface area contributed by atoms with Gasteiger partial charge in [-0.25, -0.2) is 4.68 Å². The Morgan fingerprint density at radius 3 is 2.46 bits per heavy atom. The van der Waals surface area contributed by atoms with Crippen LogP contribution in [0.15, 0.2) is 53.3 Å². The lowest BCUT2D eigenvalue weighted by atomic mass is 10.1. The molecule has 1 amide bonds. The van der Waals surface area contributed by atoms with Crippen LogP contribution in [0.5, 0.6) is 0 Å². The van der Waals surface area contributed by atoms with Crippen molar-refractivity contribution in [3.63, 3.8) is 0 Å². The predicted octanol–water partition coefficient (Wildman–Crippen LogP) is 2.48. The van der Waals surface area contributed by atoms with E-state index >= 15 is 0 Å². The molecule has 0 unspecified atom stereocenters. The molecular formula is C21H21ClN4O2. The number of rotatable bonds is 3. The number of halogens is 1. The maximum absolute atomic E-state index is 12.9. The van der Waals surface area contributed by atoms with Gasteiger partial charge in [-0.05, 0) is 24.3 Å². The number of carbonyl (C=O) groups excluding carboxylic acids is 1. The van der Waals surface area contributed by atoms with Crippen molar-refractivity contribution >= 4 is 34.0 Å². The number of nitrogens with zero attached hydrogens (tertiary/aromatic N) is 4. The Bertz CT molecular complexity index is 1090. The summed E-state index contributed by atoms with van der Waals surface area (Å²) < 4.78 is 1.31. The molecule has 144 valence electrons. The number of benzene rings is 2. The lowest BCUT2D eigenvalue weighted by Gasteiger charge is -2.36. The smallest absolute Gasteiger partial charge is 0.274 e. The summed E-state index contributed by atoms with van der Waals surface area (Å²) in [6.07, 6.45) is 0.186. The van der Waals surface area contributed by atoms with Gasteiger partial charge in [0.05, 0.1) is 17.5 Å². The van der Waals surface area contributed by atoms with Gasteiger partial charge < -0.3 is 9.80 Å². The zero-order valence-electron chi connectivity index (χ0n) is 15.6. The summed E-state index contributed by atoms with van der Waals surface area (Å²) in [6.45, 7) is 2.81. The molecule has 6 nitrogen and oxygen atoms in total. The third kappa shape index (κ3) is 3.60. The molecule has 3 aromatic rings. The number of aromatic nitrogens is 2. The monoisotopic (exact) mass is 396 g/mol. The topological polar surface area (TPSA) is 58.4 Å². The first-order valence-electron chi connectivity index (χ1n) is 9.26. The molecule has 4 rings (SSSR count). The fraction of sp³-hybridized carbons (Fsp3) is 0.286. The highest BCUT2D eigenvalue weighted by Gasteiger charge is 2.23. The van der Waals surface area contributed by atoms with Crippen LogP contribution in [0.1, 0.15) is 5.69 Å². The minimum absolute atomic E-state index is 0.0297. The summed E-state index contributed by atoms with van der Waals surface area (Å²) in [5.74, 6) is 0.0297. The third-order valence-electron chi connectivity index (χ3n) is 5.16. The van der Waals surface area contributed by atoms with Crippen LogP contribution in [-0.2, 0) is 18.3 Å². The molecule has 0 aliphatic carbocycles. The van der Waals surface area contributed by atoms with Crippen molar-refractivity contribution in [3.8, 4) is 0 Å². The highest BCUT2D eigenvalue weighted by atomic mass is 35.5. The normalized spacial score (nSPS) is 14.5. The highest BCUT2D eigenvalue weighted by Crippen LogP contribution is 2.21. The molecule has 0 saturated carbocycles. The number of hydrogen-bond acceptors (Lipinski definition) is 4. The van der Waals surface area contributed by atoms with E-state index in [9.17, 15) is 9.59 Å². The second-order valence-corrected chi connectivity index (χ2v) is 7.38. The number of anilines is 1. The Morgan fingerprint density at radius 2 is 1.75 bits per heavy atom. The van der Waals surface area contributed by atoms with Gasteiger partial charge in [0.2, 0.25) is 5.91 Å². The van der Waals surface area contributed by atoms with E-state index in [1.165, 1.54) is 4.68 Å². The van der Waals surface area contributed by atoms with Crippen LogP contribution < -0.4 is 10.5 Å². The van der Waals surface area contributed by atoms with Crippen LogP contribution >= 0.6 is 11.6 Å². The lowest BCUT2D eigenvalue weighted by molar-refractivity contribution is -0.130. The maximum atomic E-state index is 12.9. The van der Waals surface area contributed by atoms with Crippen LogP contribution in [0.2, 0.25) is 5.02 Å². The highest BCUT2D eigenvalue weighted by molar-refractivity contribution is 6.30. The lowest BCUT2D eigenvalue weighted by Crippen LogP contribution is -2.49. The first kappa shape index (κ1) is 18.5. The van der Waals surface area contributed by atoms with Crippen LogP contribution in [-0.4, -0.2) is 46.8 Å². The van der Waals surface area contributed by atoms with Gasteiger partial charge in [-0.15, -0.1) is 0 Å². The van der Waals surface area contributed by atoms with E-state index in [0.29, 0.717) is 29.2 Å². The fourth-order valence-electron chi connectivity index (χ4n) is 3.65. The third-order valence-corrected chi connectivity index (χ3v) is 5.39. The molecule has 0 N–H and O–H groups in total. The molecule has 0 atom stereocenters. The van der Waals surface area contributed by atoms with Crippen molar-refractivity contribution in [1.29, 1.82) is 0 Å². The number of carbonyl (C=O) groups is 1. The number of piperazine rings is 1. The number of hydrogen-bond donors (Lipinski definition) is 0. The number of amides is 1. The molecule has 1 aromatic heterocycles. The van der Waals surface area contributed by atoms with Crippen molar-refractivity contribution in [2.24, 2.45) is 7.05 Å². The average Bonchev–Trinajstić information content (AvgIpc) is 2.72. The number of aryl methyl sites for hydroxylation is 1. The maximum Gasteiger partial charge on any atom is 0.274 e. The van der Waals surface area contributed by atoms with Gasteiger partial charge in [0, 0.05) is 49.3 Å². The molecule has 1 aliphatic rings. The predicted molar refractivity (Wildman–Crippen MR) is 111 cm³/mol. The van der Waals surface area contributed by atoms with Crippen molar-refractivity contribution in [2.75, 3.05) is 31.1 Å². The second kappa shape index (κ2) is 7.64. The van der Waals surface area contributed by atoms with Crippen molar-refractivity contribution in [2.45, 2.75) is 6.42 Å².